The van der Waals surface area contributed by atoms with Crippen LogP contribution in [0.5, 0.6) is 0 Å². The van der Waals surface area contributed by atoms with E-state index < -0.39 is 0 Å². The first-order chi connectivity index (χ1) is 6.27. The Morgan fingerprint density at radius 2 is 1.69 bits per heavy atom. The van der Waals surface area contributed by atoms with E-state index in [1.54, 1.807) is 0 Å². The molecule has 0 amide bonds. The fraction of sp³-hybridized carbons (Fsp3) is 1.00. The minimum absolute atomic E-state index is 0.142. The van der Waals surface area contributed by atoms with Crippen LogP contribution in [0.3, 0.4) is 0 Å². The van der Waals surface area contributed by atoms with E-state index in [9.17, 15) is 0 Å². The summed E-state index contributed by atoms with van der Waals surface area (Å²) in [7, 11) is 0. The van der Waals surface area contributed by atoms with E-state index in [0.29, 0.717) is 5.92 Å². The smallest absolute Gasteiger partial charge is 0.0460 e. The Kier molecular flexibility index (Phi) is 3.43. The number of azide groups is 2. The fourth-order valence-corrected chi connectivity index (χ4v) is 1.73. The van der Waals surface area contributed by atoms with Gasteiger partial charge >= 0.3 is 0 Å². The predicted octanol–water partition coefficient (Wildman–Crippen LogP) is 3.16. The zero-order chi connectivity index (χ0) is 9.68. The monoisotopic (exact) mass is 180 g/mol. The van der Waals surface area contributed by atoms with Crippen LogP contribution in [0.1, 0.15) is 26.2 Å². The number of nitrogens with zero attached hydrogens (tertiary/aromatic N) is 6. The molecule has 0 radical (unpaired) electrons. The van der Waals surface area contributed by atoms with Gasteiger partial charge in [0.25, 0.3) is 0 Å². The zero-order valence-electron chi connectivity index (χ0n) is 7.54. The highest BCUT2D eigenvalue weighted by atomic mass is 15.2. The van der Waals surface area contributed by atoms with Crippen molar-refractivity contribution in [2.45, 2.75) is 38.3 Å². The average molecular weight is 180 g/mol. The lowest BCUT2D eigenvalue weighted by molar-refractivity contribution is 0.306. The summed E-state index contributed by atoms with van der Waals surface area (Å²) in [5, 5.41) is 7.28. The third-order valence-corrected chi connectivity index (χ3v) is 2.44. The van der Waals surface area contributed by atoms with Gasteiger partial charge in [-0.2, -0.15) is 0 Å². The van der Waals surface area contributed by atoms with Crippen molar-refractivity contribution in [1.29, 1.82) is 0 Å². The van der Waals surface area contributed by atoms with E-state index in [2.05, 4.69) is 27.0 Å². The molecule has 1 rings (SSSR count). The standard InChI is InChI=1S/C7H12N6/c1-5-2-3-6(10-12-8)7(4-5)11-13-9/h5-7H,2-4H2,1H3/t5-,6?,7?/m0/s1. The molecule has 0 aromatic heterocycles. The molecule has 1 aliphatic rings. The van der Waals surface area contributed by atoms with Crippen molar-refractivity contribution in [3.8, 4) is 0 Å². The molecule has 3 atom stereocenters. The zero-order valence-corrected chi connectivity index (χ0v) is 7.54. The van der Waals surface area contributed by atoms with Gasteiger partial charge < -0.3 is 0 Å². The lowest BCUT2D eigenvalue weighted by atomic mass is 9.84. The molecule has 0 heterocycles. The number of hydrogen-bond acceptors (Lipinski definition) is 2. The van der Waals surface area contributed by atoms with Gasteiger partial charge in [0.1, 0.15) is 0 Å². The van der Waals surface area contributed by atoms with Gasteiger partial charge in [0, 0.05) is 21.9 Å². The van der Waals surface area contributed by atoms with Crippen LogP contribution in [0.4, 0.5) is 0 Å². The molecule has 6 heteroatoms. The van der Waals surface area contributed by atoms with Gasteiger partial charge in [0.15, 0.2) is 0 Å². The Labute approximate surface area is 76.2 Å². The lowest BCUT2D eigenvalue weighted by Crippen LogP contribution is -2.29. The molecule has 0 aromatic rings. The molecule has 0 spiro atoms. The predicted molar refractivity (Wildman–Crippen MR) is 48.9 cm³/mol. The van der Waals surface area contributed by atoms with Crippen LogP contribution in [-0.4, -0.2) is 12.1 Å². The van der Waals surface area contributed by atoms with E-state index in [0.717, 1.165) is 19.3 Å². The maximum absolute atomic E-state index is 8.31. The Morgan fingerprint density at radius 1 is 1.08 bits per heavy atom. The summed E-state index contributed by atoms with van der Waals surface area (Å²) in [5.41, 5.74) is 16.6. The topological polar surface area (TPSA) is 97.5 Å². The molecule has 0 saturated heterocycles. The molecule has 0 N–H and O–H groups in total. The molecule has 70 valence electrons. The molecule has 0 bridgehead atoms. The van der Waals surface area contributed by atoms with Crippen LogP contribution in [0.25, 0.3) is 20.9 Å². The van der Waals surface area contributed by atoms with Crippen LogP contribution in [0.15, 0.2) is 10.2 Å². The molecule has 0 aromatic carbocycles. The molecule has 1 saturated carbocycles. The third-order valence-electron chi connectivity index (χ3n) is 2.44. The maximum atomic E-state index is 8.31. The van der Waals surface area contributed by atoms with Crippen LogP contribution < -0.4 is 0 Å². The van der Waals surface area contributed by atoms with Gasteiger partial charge in [0.2, 0.25) is 0 Å². The average Bonchev–Trinajstić information content (AvgIpc) is 2.10. The van der Waals surface area contributed by atoms with Crippen molar-refractivity contribution < 1.29 is 0 Å². The first-order valence-corrected chi connectivity index (χ1v) is 4.36. The van der Waals surface area contributed by atoms with E-state index >= 15 is 0 Å². The second-order valence-corrected chi connectivity index (χ2v) is 3.46. The second-order valence-electron chi connectivity index (χ2n) is 3.46. The van der Waals surface area contributed by atoms with Crippen LogP contribution in [0.2, 0.25) is 0 Å². The Balaban J connectivity index is 2.70. The Hall–Kier alpha value is -1.38. The minimum atomic E-state index is -0.148. The van der Waals surface area contributed by atoms with Crippen molar-refractivity contribution in [3.63, 3.8) is 0 Å². The highest BCUT2D eigenvalue weighted by Crippen LogP contribution is 2.28. The third kappa shape index (κ3) is 2.54. The molecule has 0 aliphatic heterocycles. The van der Waals surface area contributed by atoms with E-state index in [-0.39, 0.29) is 12.1 Å². The first-order valence-electron chi connectivity index (χ1n) is 4.36. The van der Waals surface area contributed by atoms with Gasteiger partial charge in [-0.1, -0.05) is 23.6 Å². The SMILES string of the molecule is C[C@H]1CCC(N=[N+]=[N-])C(N=[N+]=[N-])C1. The van der Waals surface area contributed by atoms with E-state index in [1.165, 1.54) is 0 Å². The largest absolute Gasteiger partial charge is 0.0902 e. The molecule has 2 unspecified atom stereocenters. The molecule has 6 nitrogen and oxygen atoms in total. The summed E-state index contributed by atoms with van der Waals surface area (Å²) in [6.07, 6.45) is 2.70. The summed E-state index contributed by atoms with van der Waals surface area (Å²) < 4.78 is 0. The van der Waals surface area contributed by atoms with E-state index in [4.69, 9.17) is 11.1 Å². The normalized spacial score (nSPS) is 32.8. The van der Waals surface area contributed by atoms with Gasteiger partial charge in [-0.3, -0.25) is 0 Å². The molecule has 1 aliphatic carbocycles. The molecule has 13 heavy (non-hydrogen) atoms. The van der Waals surface area contributed by atoms with Crippen LogP contribution in [0, 0.1) is 5.92 Å². The maximum Gasteiger partial charge on any atom is 0.0460 e. The summed E-state index contributed by atoms with van der Waals surface area (Å²) in [4.78, 5) is 5.53. The summed E-state index contributed by atoms with van der Waals surface area (Å²) >= 11 is 0. The summed E-state index contributed by atoms with van der Waals surface area (Å²) in [6, 6.07) is -0.290. The van der Waals surface area contributed by atoms with Crippen LogP contribution in [-0.2, 0) is 0 Å². The highest BCUT2D eigenvalue weighted by molar-refractivity contribution is 4.88. The number of rotatable bonds is 2. The van der Waals surface area contributed by atoms with Gasteiger partial charge in [-0.15, -0.1) is 0 Å². The van der Waals surface area contributed by atoms with Crippen molar-refractivity contribution in [2.75, 3.05) is 0 Å². The van der Waals surface area contributed by atoms with Gasteiger partial charge in [-0.05, 0) is 29.8 Å². The fourth-order valence-electron chi connectivity index (χ4n) is 1.73. The molecule has 1 fully saturated rings. The van der Waals surface area contributed by atoms with Crippen molar-refractivity contribution in [3.05, 3.63) is 20.9 Å². The molecular weight excluding hydrogens is 168 g/mol. The van der Waals surface area contributed by atoms with Crippen LogP contribution >= 0.6 is 0 Å². The van der Waals surface area contributed by atoms with Crippen molar-refractivity contribution in [2.24, 2.45) is 16.1 Å². The van der Waals surface area contributed by atoms with Gasteiger partial charge in [0.05, 0.1) is 0 Å². The van der Waals surface area contributed by atoms with Crippen molar-refractivity contribution >= 4 is 0 Å². The first kappa shape index (κ1) is 9.71. The van der Waals surface area contributed by atoms with Gasteiger partial charge in [-0.25, -0.2) is 0 Å². The number of hydrogen-bond donors (Lipinski definition) is 0. The van der Waals surface area contributed by atoms with Crippen molar-refractivity contribution in [1.82, 2.24) is 0 Å². The minimum Gasteiger partial charge on any atom is -0.0902 e. The summed E-state index contributed by atoms with van der Waals surface area (Å²) in [6.45, 7) is 2.12. The lowest BCUT2D eigenvalue weighted by Gasteiger charge is -2.28. The molecular formula is C7H12N6. The Bertz CT molecular complexity index is 262. The quantitative estimate of drug-likeness (QED) is 0.354. The summed E-state index contributed by atoms with van der Waals surface area (Å²) in [5.74, 6) is 0.556. The van der Waals surface area contributed by atoms with E-state index in [1.807, 2.05) is 0 Å². The highest BCUT2D eigenvalue weighted by Gasteiger charge is 2.26. The second kappa shape index (κ2) is 4.60. The Morgan fingerprint density at radius 3 is 2.31 bits per heavy atom.